The molecule has 6 nitrogen and oxygen atoms in total. The van der Waals surface area contributed by atoms with Crippen molar-refractivity contribution in [2.75, 3.05) is 0 Å². The minimum Gasteiger partial charge on any atom is -0.487 e. The molecule has 0 atom stereocenters. The van der Waals surface area contributed by atoms with E-state index < -0.39 is 11.7 Å². The van der Waals surface area contributed by atoms with Gasteiger partial charge in [0.25, 0.3) is 0 Å². The van der Waals surface area contributed by atoms with Gasteiger partial charge in [-0.25, -0.2) is 4.68 Å². The zero-order valence-corrected chi connectivity index (χ0v) is 20.2. The van der Waals surface area contributed by atoms with Gasteiger partial charge in [-0.05, 0) is 61.9 Å². The summed E-state index contributed by atoms with van der Waals surface area (Å²) in [4.78, 5) is 12.5. The average Bonchev–Trinajstić information content (AvgIpc) is 3.45. The quantitative estimate of drug-likeness (QED) is 0.241. The molecule has 0 amide bonds. The van der Waals surface area contributed by atoms with Crippen LogP contribution in [0, 0.1) is 6.92 Å². The number of carbonyl (C=O) groups is 1. The molecular weight excluding hydrogens is 481 g/mol. The fourth-order valence-corrected chi connectivity index (χ4v) is 4.42. The van der Waals surface area contributed by atoms with Crippen LogP contribution in [0.3, 0.4) is 0 Å². The van der Waals surface area contributed by atoms with E-state index in [0.717, 1.165) is 34.3 Å². The highest BCUT2D eigenvalue weighted by Gasteiger charge is 2.30. The average molecular weight is 505 g/mol. The van der Waals surface area contributed by atoms with Gasteiger partial charge in [0.05, 0.1) is 17.4 Å². The zero-order chi connectivity index (χ0) is 26.2. The lowest BCUT2D eigenvalue weighted by molar-refractivity contribution is -0.137. The van der Waals surface area contributed by atoms with Crippen LogP contribution < -0.4 is 4.74 Å². The Kier molecular flexibility index (Phi) is 6.29. The van der Waals surface area contributed by atoms with Gasteiger partial charge in [0.1, 0.15) is 18.1 Å². The lowest BCUT2D eigenvalue weighted by Crippen LogP contribution is -2.05. The van der Waals surface area contributed by atoms with E-state index in [9.17, 15) is 18.0 Å². The maximum Gasteiger partial charge on any atom is 0.416 e. The molecule has 3 aromatic carbocycles. The van der Waals surface area contributed by atoms with Crippen LogP contribution in [0.1, 0.15) is 39.8 Å². The van der Waals surface area contributed by atoms with E-state index in [4.69, 9.17) is 4.74 Å². The maximum atomic E-state index is 12.8. The predicted molar refractivity (Wildman–Crippen MR) is 133 cm³/mol. The molecule has 9 heteroatoms. The lowest BCUT2D eigenvalue weighted by Gasteiger charge is -2.09. The van der Waals surface area contributed by atoms with E-state index in [2.05, 4.69) is 14.9 Å². The van der Waals surface area contributed by atoms with Crippen molar-refractivity contribution in [3.63, 3.8) is 0 Å². The Morgan fingerprint density at radius 1 is 1.00 bits per heavy atom. The molecule has 0 spiro atoms. The Hall–Kier alpha value is -4.40. The van der Waals surface area contributed by atoms with E-state index in [1.165, 1.54) is 16.8 Å². The second-order valence-corrected chi connectivity index (χ2v) is 8.76. The van der Waals surface area contributed by atoms with Gasteiger partial charge in [-0.2, -0.15) is 13.2 Å². The summed E-state index contributed by atoms with van der Waals surface area (Å²) in [6, 6.07) is 20.3. The Labute approximate surface area is 210 Å². The topological polar surface area (TPSA) is 61.9 Å². The molecule has 0 aliphatic rings. The number of benzene rings is 3. The summed E-state index contributed by atoms with van der Waals surface area (Å²) in [5.41, 5.74) is 3.85. The SMILES string of the molecule is CC(=O)c1c(C)n(Cc2ccccc2)c2ccc(OCc3cn(-c4ccc(C(F)(F)F)cc4)nn3)cc12. The highest BCUT2D eigenvalue weighted by molar-refractivity contribution is 6.08. The number of rotatable bonds is 7. The van der Waals surface area contributed by atoms with Gasteiger partial charge in [0.2, 0.25) is 0 Å². The Bertz CT molecular complexity index is 1570. The summed E-state index contributed by atoms with van der Waals surface area (Å²) < 4.78 is 47.9. The van der Waals surface area contributed by atoms with Crippen LogP contribution in [-0.4, -0.2) is 25.3 Å². The van der Waals surface area contributed by atoms with E-state index in [0.29, 0.717) is 29.2 Å². The number of hydrogen-bond donors (Lipinski definition) is 0. The summed E-state index contributed by atoms with van der Waals surface area (Å²) in [6.07, 6.45) is -2.80. The number of ketones is 1. The van der Waals surface area contributed by atoms with Gasteiger partial charge in [-0.1, -0.05) is 35.5 Å². The van der Waals surface area contributed by atoms with Crippen molar-refractivity contribution in [1.82, 2.24) is 19.6 Å². The summed E-state index contributed by atoms with van der Waals surface area (Å²) in [7, 11) is 0. The Balaban J connectivity index is 1.36. The van der Waals surface area contributed by atoms with Crippen molar-refractivity contribution in [3.05, 3.63) is 107 Å². The molecule has 37 heavy (non-hydrogen) atoms. The largest absolute Gasteiger partial charge is 0.487 e. The third-order valence-corrected chi connectivity index (χ3v) is 6.22. The van der Waals surface area contributed by atoms with Gasteiger partial charge in [-0.15, -0.1) is 5.10 Å². The molecular formula is C28H23F3N4O2. The molecule has 0 aliphatic heterocycles. The first-order valence-electron chi connectivity index (χ1n) is 11.6. The molecule has 188 valence electrons. The minimum absolute atomic E-state index is 0.0223. The fraction of sp³-hybridized carbons (Fsp3) is 0.179. The van der Waals surface area contributed by atoms with Crippen molar-refractivity contribution in [2.45, 2.75) is 33.2 Å². The lowest BCUT2D eigenvalue weighted by atomic mass is 10.1. The van der Waals surface area contributed by atoms with E-state index in [1.54, 1.807) is 13.1 Å². The van der Waals surface area contributed by atoms with Gasteiger partial charge >= 0.3 is 6.18 Å². The van der Waals surface area contributed by atoms with Crippen LogP contribution in [-0.2, 0) is 19.3 Å². The maximum absolute atomic E-state index is 12.8. The number of Topliss-reactive ketones (excluding diaryl/α,β-unsaturated/α-hetero) is 1. The molecule has 5 rings (SSSR count). The summed E-state index contributed by atoms with van der Waals surface area (Å²) in [5.74, 6) is 0.543. The first-order chi connectivity index (χ1) is 17.7. The molecule has 0 N–H and O–H groups in total. The first-order valence-corrected chi connectivity index (χ1v) is 11.6. The monoisotopic (exact) mass is 504 g/mol. The Morgan fingerprint density at radius 2 is 1.73 bits per heavy atom. The second-order valence-electron chi connectivity index (χ2n) is 8.76. The highest BCUT2D eigenvalue weighted by atomic mass is 19.4. The Morgan fingerprint density at radius 3 is 2.41 bits per heavy atom. The van der Waals surface area contributed by atoms with Crippen LogP contribution in [0.25, 0.3) is 16.6 Å². The van der Waals surface area contributed by atoms with Gasteiger partial charge in [0, 0.05) is 28.7 Å². The molecule has 0 aliphatic carbocycles. The molecule has 0 saturated heterocycles. The van der Waals surface area contributed by atoms with Gasteiger partial charge < -0.3 is 9.30 Å². The van der Waals surface area contributed by atoms with E-state index in [-0.39, 0.29) is 12.4 Å². The molecule has 2 heterocycles. The molecule has 0 bridgehead atoms. The van der Waals surface area contributed by atoms with Gasteiger partial charge in [-0.3, -0.25) is 4.79 Å². The minimum atomic E-state index is -4.40. The predicted octanol–water partition coefficient (Wildman–Crippen LogP) is 6.38. The van der Waals surface area contributed by atoms with E-state index >= 15 is 0 Å². The molecule has 0 radical (unpaired) electrons. The number of fused-ring (bicyclic) bond motifs is 1. The smallest absolute Gasteiger partial charge is 0.416 e. The highest BCUT2D eigenvalue weighted by Crippen LogP contribution is 2.31. The molecule has 2 aromatic heterocycles. The molecule has 0 fully saturated rings. The molecule has 0 saturated carbocycles. The third kappa shape index (κ3) is 4.97. The first kappa shape index (κ1) is 24.3. The van der Waals surface area contributed by atoms with Crippen LogP contribution in [0.4, 0.5) is 13.2 Å². The summed E-state index contributed by atoms with van der Waals surface area (Å²) >= 11 is 0. The van der Waals surface area contributed by atoms with Crippen molar-refractivity contribution >= 4 is 16.7 Å². The molecule has 0 unspecified atom stereocenters. The van der Waals surface area contributed by atoms with Crippen molar-refractivity contribution in [1.29, 1.82) is 0 Å². The van der Waals surface area contributed by atoms with Gasteiger partial charge in [0.15, 0.2) is 5.78 Å². The number of halogens is 3. The summed E-state index contributed by atoms with van der Waals surface area (Å²) in [5, 5.41) is 8.86. The fourth-order valence-electron chi connectivity index (χ4n) is 4.42. The van der Waals surface area contributed by atoms with Crippen LogP contribution >= 0.6 is 0 Å². The zero-order valence-electron chi connectivity index (χ0n) is 20.2. The van der Waals surface area contributed by atoms with E-state index in [1.807, 2.05) is 55.5 Å². The summed E-state index contributed by atoms with van der Waals surface area (Å²) in [6.45, 7) is 4.25. The molecule has 5 aromatic rings. The number of ether oxygens (including phenoxy) is 1. The standard InChI is InChI=1S/C28H23F3N4O2/c1-18-27(19(2)36)25-14-24(12-13-26(25)34(18)15-20-6-4-3-5-7-20)37-17-22-16-35(33-32-22)23-10-8-21(9-11-23)28(29,30)31/h3-14,16H,15,17H2,1-2H3. The second kappa shape index (κ2) is 9.57. The normalized spacial score (nSPS) is 11.7. The van der Waals surface area contributed by atoms with Crippen molar-refractivity contribution in [2.24, 2.45) is 0 Å². The van der Waals surface area contributed by atoms with Crippen molar-refractivity contribution in [3.8, 4) is 11.4 Å². The number of hydrogen-bond acceptors (Lipinski definition) is 4. The number of carbonyl (C=O) groups excluding carboxylic acids is 1. The van der Waals surface area contributed by atoms with Crippen LogP contribution in [0.5, 0.6) is 5.75 Å². The number of aromatic nitrogens is 4. The number of nitrogens with zero attached hydrogens (tertiary/aromatic N) is 4. The van der Waals surface area contributed by atoms with Crippen LogP contribution in [0.2, 0.25) is 0 Å². The van der Waals surface area contributed by atoms with Crippen molar-refractivity contribution < 1.29 is 22.7 Å². The van der Waals surface area contributed by atoms with Crippen LogP contribution in [0.15, 0.2) is 79.0 Å². The number of alkyl halides is 3. The third-order valence-electron chi connectivity index (χ3n) is 6.22.